The Morgan fingerprint density at radius 1 is 1.46 bits per heavy atom. The van der Waals surface area contributed by atoms with Crippen LogP contribution in [0.25, 0.3) is 10.6 Å². The smallest absolute Gasteiger partial charge is 0.270 e. The summed E-state index contributed by atoms with van der Waals surface area (Å²) in [6, 6.07) is 7.96. The van der Waals surface area contributed by atoms with E-state index in [4.69, 9.17) is 4.74 Å². The third-order valence-corrected chi connectivity index (χ3v) is 4.85. The van der Waals surface area contributed by atoms with Crippen molar-refractivity contribution in [2.75, 3.05) is 19.8 Å². The largest absolute Gasteiger partial charge is 0.389 e. The number of nitrogens with one attached hydrogen (secondary N) is 1. The van der Waals surface area contributed by atoms with Gasteiger partial charge in [0.25, 0.3) is 5.91 Å². The molecule has 2 N–H and O–H groups in total. The van der Waals surface area contributed by atoms with Crippen LogP contribution in [0.1, 0.15) is 28.9 Å². The summed E-state index contributed by atoms with van der Waals surface area (Å²) < 4.78 is 5.42. The normalized spacial score (nSPS) is 15.2. The van der Waals surface area contributed by atoms with Crippen molar-refractivity contribution in [2.45, 2.75) is 25.9 Å². The lowest BCUT2D eigenvalue weighted by Crippen LogP contribution is -2.34. The van der Waals surface area contributed by atoms with Crippen LogP contribution in [0.15, 0.2) is 29.6 Å². The molecule has 1 fully saturated rings. The molecule has 6 heteroatoms. The van der Waals surface area contributed by atoms with Crippen molar-refractivity contribution < 1.29 is 14.6 Å². The minimum Gasteiger partial charge on any atom is -0.389 e. The lowest BCUT2D eigenvalue weighted by molar-refractivity contribution is 0.0320. The van der Waals surface area contributed by atoms with Gasteiger partial charge in [0.15, 0.2) is 0 Å². The van der Waals surface area contributed by atoms with Crippen LogP contribution in [0.3, 0.4) is 0 Å². The maximum absolute atomic E-state index is 12.2. The quantitative estimate of drug-likeness (QED) is 0.771. The molecule has 0 spiro atoms. The first kappa shape index (κ1) is 17.1. The van der Waals surface area contributed by atoms with Crippen LogP contribution < -0.4 is 5.32 Å². The van der Waals surface area contributed by atoms with Crippen molar-refractivity contribution in [1.82, 2.24) is 10.3 Å². The topological polar surface area (TPSA) is 71.5 Å². The predicted molar refractivity (Wildman–Crippen MR) is 94.2 cm³/mol. The SMILES string of the molecule is Cc1ccccc1-c1nc(C(=O)NCC(O)COCC2CC2)cs1. The first-order chi connectivity index (χ1) is 11.6. The van der Waals surface area contributed by atoms with E-state index in [0.717, 1.165) is 16.1 Å². The number of amides is 1. The van der Waals surface area contributed by atoms with Gasteiger partial charge in [-0.2, -0.15) is 0 Å². The van der Waals surface area contributed by atoms with Gasteiger partial charge in [0.2, 0.25) is 0 Å². The van der Waals surface area contributed by atoms with Crippen molar-refractivity contribution in [1.29, 1.82) is 0 Å². The van der Waals surface area contributed by atoms with Gasteiger partial charge in [-0.25, -0.2) is 4.98 Å². The van der Waals surface area contributed by atoms with Crippen LogP contribution in [0.5, 0.6) is 0 Å². The molecule has 1 atom stereocenters. The molecule has 1 aromatic carbocycles. The first-order valence-corrected chi connectivity index (χ1v) is 9.07. The predicted octanol–water partition coefficient (Wildman–Crippen LogP) is 2.64. The molecule has 1 aromatic heterocycles. The summed E-state index contributed by atoms with van der Waals surface area (Å²) in [5.74, 6) is 0.397. The molecule has 1 saturated carbocycles. The molecule has 1 unspecified atom stereocenters. The average molecular weight is 346 g/mol. The molecule has 2 aromatic rings. The van der Waals surface area contributed by atoms with Crippen LogP contribution in [0, 0.1) is 12.8 Å². The molecule has 0 saturated heterocycles. The molecule has 1 amide bonds. The van der Waals surface area contributed by atoms with Gasteiger partial charge in [-0.3, -0.25) is 4.79 Å². The van der Waals surface area contributed by atoms with Crippen molar-refractivity contribution in [3.05, 3.63) is 40.9 Å². The van der Waals surface area contributed by atoms with E-state index < -0.39 is 6.10 Å². The van der Waals surface area contributed by atoms with Gasteiger partial charge in [0.05, 0.1) is 12.7 Å². The summed E-state index contributed by atoms with van der Waals surface area (Å²) in [6.45, 7) is 3.15. The van der Waals surface area contributed by atoms with Crippen LogP contribution in [-0.2, 0) is 4.74 Å². The van der Waals surface area contributed by atoms with E-state index in [9.17, 15) is 9.90 Å². The Balaban J connectivity index is 1.49. The molecule has 1 heterocycles. The molecule has 128 valence electrons. The van der Waals surface area contributed by atoms with E-state index in [1.165, 1.54) is 24.2 Å². The van der Waals surface area contributed by atoms with E-state index in [-0.39, 0.29) is 19.1 Å². The van der Waals surface area contributed by atoms with Crippen LogP contribution in [-0.4, -0.2) is 41.9 Å². The highest BCUT2D eigenvalue weighted by molar-refractivity contribution is 7.13. The Labute approximate surface area is 145 Å². The highest BCUT2D eigenvalue weighted by Gasteiger charge is 2.21. The number of aromatic nitrogens is 1. The number of thiazole rings is 1. The van der Waals surface area contributed by atoms with Crippen LogP contribution >= 0.6 is 11.3 Å². The summed E-state index contributed by atoms with van der Waals surface area (Å²) in [5.41, 5.74) is 2.54. The Kier molecular flexibility index (Phi) is 5.60. The fourth-order valence-corrected chi connectivity index (χ4v) is 3.22. The second-order valence-corrected chi connectivity index (χ2v) is 7.06. The highest BCUT2D eigenvalue weighted by atomic mass is 32.1. The fourth-order valence-electron chi connectivity index (χ4n) is 2.33. The molecular weight excluding hydrogens is 324 g/mol. The lowest BCUT2D eigenvalue weighted by Gasteiger charge is -2.11. The standard InChI is InChI=1S/C18H22N2O3S/c1-12-4-2-3-5-15(12)18-20-16(11-24-18)17(22)19-8-14(21)10-23-9-13-6-7-13/h2-5,11,13-14,21H,6-10H2,1H3,(H,19,22). The van der Waals surface area contributed by atoms with Gasteiger partial charge in [-0.15, -0.1) is 11.3 Å². The van der Waals surface area contributed by atoms with Crippen LogP contribution in [0.2, 0.25) is 0 Å². The molecule has 3 rings (SSSR count). The molecular formula is C18H22N2O3S. The van der Waals surface area contributed by atoms with E-state index in [0.29, 0.717) is 18.2 Å². The minimum atomic E-state index is -0.692. The third-order valence-electron chi connectivity index (χ3n) is 3.97. The molecule has 1 aliphatic carbocycles. The van der Waals surface area contributed by atoms with Crippen molar-refractivity contribution >= 4 is 17.2 Å². The number of benzene rings is 1. The maximum atomic E-state index is 12.2. The van der Waals surface area contributed by atoms with E-state index in [2.05, 4.69) is 10.3 Å². The van der Waals surface area contributed by atoms with Crippen molar-refractivity contribution in [3.8, 4) is 10.6 Å². The number of aliphatic hydroxyl groups excluding tert-OH is 1. The summed E-state index contributed by atoms with van der Waals surface area (Å²) in [5, 5.41) is 15.1. The third kappa shape index (κ3) is 4.63. The summed E-state index contributed by atoms with van der Waals surface area (Å²) in [6.07, 6.45) is 1.75. The number of carbonyl (C=O) groups excluding carboxylic acids is 1. The van der Waals surface area contributed by atoms with Gasteiger partial charge in [0.1, 0.15) is 10.7 Å². The zero-order chi connectivity index (χ0) is 16.9. The minimum absolute atomic E-state index is 0.167. The first-order valence-electron chi connectivity index (χ1n) is 8.19. The zero-order valence-electron chi connectivity index (χ0n) is 13.7. The number of carbonyl (C=O) groups is 1. The van der Waals surface area contributed by atoms with Gasteiger partial charge in [0, 0.05) is 24.1 Å². The lowest BCUT2D eigenvalue weighted by atomic mass is 10.1. The van der Waals surface area contributed by atoms with E-state index in [1.807, 2.05) is 31.2 Å². The molecule has 0 bridgehead atoms. The highest BCUT2D eigenvalue weighted by Crippen LogP contribution is 2.28. The zero-order valence-corrected chi connectivity index (χ0v) is 14.5. The van der Waals surface area contributed by atoms with Crippen LogP contribution in [0.4, 0.5) is 0 Å². The summed E-state index contributed by atoms with van der Waals surface area (Å²) >= 11 is 1.44. The molecule has 0 aliphatic heterocycles. The maximum Gasteiger partial charge on any atom is 0.270 e. The number of ether oxygens (including phenoxy) is 1. The van der Waals surface area contributed by atoms with Gasteiger partial charge >= 0.3 is 0 Å². The number of hydrogen-bond donors (Lipinski definition) is 2. The Morgan fingerprint density at radius 2 is 2.25 bits per heavy atom. The number of aryl methyl sites for hydroxylation is 1. The van der Waals surface area contributed by atoms with Crippen molar-refractivity contribution in [2.24, 2.45) is 5.92 Å². The second kappa shape index (κ2) is 7.88. The molecule has 5 nitrogen and oxygen atoms in total. The van der Waals surface area contributed by atoms with E-state index >= 15 is 0 Å². The van der Waals surface area contributed by atoms with Crippen molar-refractivity contribution in [3.63, 3.8) is 0 Å². The summed E-state index contributed by atoms with van der Waals surface area (Å²) in [4.78, 5) is 16.6. The Morgan fingerprint density at radius 3 is 3.00 bits per heavy atom. The Hall–Kier alpha value is -1.76. The summed E-state index contributed by atoms with van der Waals surface area (Å²) in [7, 11) is 0. The monoisotopic (exact) mass is 346 g/mol. The van der Waals surface area contributed by atoms with Gasteiger partial charge < -0.3 is 15.2 Å². The number of rotatable bonds is 8. The van der Waals surface area contributed by atoms with Gasteiger partial charge in [-0.1, -0.05) is 24.3 Å². The number of aliphatic hydroxyl groups is 1. The average Bonchev–Trinajstić information content (AvgIpc) is 3.27. The van der Waals surface area contributed by atoms with E-state index in [1.54, 1.807) is 5.38 Å². The number of hydrogen-bond acceptors (Lipinski definition) is 5. The molecule has 24 heavy (non-hydrogen) atoms. The second-order valence-electron chi connectivity index (χ2n) is 6.20. The molecule has 0 radical (unpaired) electrons. The van der Waals surface area contributed by atoms with Gasteiger partial charge in [-0.05, 0) is 31.2 Å². The number of nitrogens with zero attached hydrogens (tertiary/aromatic N) is 1. The fraction of sp³-hybridized carbons (Fsp3) is 0.444. The molecule has 1 aliphatic rings. The Bertz CT molecular complexity index is 697.